The molecule has 0 aliphatic rings. The van der Waals surface area contributed by atoms with Gasteiger partial charge in [0, 0.05) is 0 Å². The Morgan fingerprint density at radius 2 is 2.00 bits per heavy atom. The molecule has 0 fully saturated rings. The van der Waals surface area contributed by atoms with Crippen molar-refractivity contribution < 1.29 is 19.4 Å². The molecular weight excluding hydrogens is 246 g/mol. The molecule has 1 atom stereocenters. The largest absolute Gasteiger partial charge is 0.480 e. The van der Waals surface area contributed by atoms with Gasteiger partial charge in [-0.15, -0.1) is 0 Å². The second kappa shape index (κ2) is 6.89. The summed E-state index contributed by atoms with van der Waals surface area (Å²) < 4.78 is 4.73. The molecule has 1 rings (SSSR count). The molecule has 5 nitrogen and oxygen atoms in total. The molecular formula is C14H19NO4. The van der Waals surface area contributed by atoms with E-state index in [1.54, 1.807) is 0 Å². The molecule has 2 N–H and O–H groups in total. The molecule has 0 saturated heterocycles. The summed E-state index contributed by atoms with van der Waals surface area (Å²) >= 11 is 0. The van der Waals surface area contributed by atoms with Crippen LogP contribution in [-0.2, 0) is 14.3 Å². The number of ether oxygens (including phenoxy) is 1. The van der Waals surface area contributed by atoms with E-state index in [1.807, 2.05) is 32.9 Å². The maximum absolute atomic E-state index is 11.6. The topological polar surface area (TPSA) is 75.6 Å². The van der Waals surface area contributed by atoms with E-state index in [9.17, 15) is 9.59 Å². The predicted molar refractivity (Wildman–Crippen MR) is 70.9 cm³/mol. The molecule has 0 saturated carbocycles. The first-order valence-corrected chi connectivity index (χ1v) is 6.06. The third kappa shape index (κ3) is 5.09. The summed E-state index contributed by atoms with van der Waals surface area (Å²) in [5, 5.41) is 11.2. The van der Waals surface area contributed by atoms with Crippen molar-refractivity contribution in [1.82, 2.24) is 5.32 Å². The molecule has 0 spiro atoms. The quantitative estimate of drug-likeness (QED) is 0.819. The van der Waals surface area contributed by atoms with Gasteiger partial charge in [0.25, 0.3) is 0 Å². The Morgan fingerprint density at radius 1 is 1.32 bits per heavy atom. The van der Waals surface area contributed by atoms with E-state index in [0.29, 0.717) is 0 Å². The van der Waals surface area contributed by atoms with E-state index in [0.717, 1.165) is 11.1 Å². The van der Waals surface area contributed by atoms with Gasteiger partial charge in [-0.3, -0.25) is 4.79 Å². The van der Waals surface area contributed by atoms with Crippen LogP contribution in [0.15, 0.2) is 18.2 Å². The maximum Gasteiger partial charge on any atom is 0.329 e. The van der Waals surface area contributed by atoms with Crippen LogP contribution in [0.4, 0.5) is 0 Å². The average Bonchev–Trinajstić information content (AvgIpc) is 2.27. The molecule has 0 aromatic heterocycles. The summed E-state index contributed by atoms with van der Waals surface area (Å²) in [6.45, 7) is 5.17. The molecule has 1 aromatic rings. The van der Waals surface area contributed by atoms with Crippen LogP contribution in [0.3, 0.4) is 0 Å². The van der Waals surface area contributed by atoms with E-state index in [2.05, 4.69) is 11.4 Å². The lowest BCUT2D eigenvalue weighted by Gasteiger charge is -2.17. The zero-order valence-corrected chi connectivity index (χ0v) is 11.4. The lowest BCUT2D eigenvalue weighted by molar-refractivity contribution is -0.143. The van der Waals surface area contributed by atoms with Gasteiger partial charge in [-0.05, 0) is 31.9 Å². The van der Waals surface area contributed by atoms with E-state index in [4.69, 9.17) is 9.84 Å². The third-order valence-electron chi connectivity index (χ3n) is 2.73. The molecule has 0 radical (unpaired) electrons. The molecule has 1 aromatic carbocycles. The lowest BCUT2D eigenvalue weighted by atomic mass is 10.0. The molecule has 104 valence electrons. The molecule has 0 aliphatic heterocycles. The number of rotatable bonds is 6. The van der Waals surface area contributed by atoms with Crippen molar-refractivity contribution in [3.8, 4) is 0 Å². The fourth-order valence-electron chi connectivity index (χ4n) is 1.90. The van der Waals surface area contributed by atoms with Crippen molar-refractivity contribution in [3.63, 3.8) is 0 Å². The highest BCUT2D eigenvalue weighted by Crippen LogP contribution is 2.18. The second-order valence-electron chi connectivity index (χ2n) is 4.54. The molecule has 1 amide bonds. The second-order valence-corrected chi connectivity index (χ2v) is 4.54. The van der Waals surface area contributed by atoms with Crippen LogP contribution in [0.25, 0.3) is 0 Å². The first-order chi connectivity index (χ1) is 8.90. The Kier molecular flexibility index (Phi) is 5.51. The SMILES string of the molecule is Cc1ccc(C(C)NC(=O)COCC(=O)O)c(C)c1. The highest BCUT2D eigenvalue weighted by Gasteiger charge is 2.12. The minimum atomic E-state index is -1.09. The van der Waals surface area contributed by atoms with Crippen LogP contribution in [0.5, 0.6) is 0 Å². The van der Waals surface area contributed by atoms with Crippen molar-refractivity contribution in [2.75, 3.05) is 13.2 Å². The van der Waals surface area contributed by atoms with Crippen LogP contribution in [0.1, 0.15) is 29.7 Å². The number of carboxylic acid groups (broad SMARTS) is 1. The smallest absolute Gasteiger partial charge is 0.329 e. The number of nitrogens with one attached hydrogen (secondary N) is 1. The predicted octanol–water partition coefficient (Wildman–Crippen LogP) is 1.58. The summed E-state index contributed by atoms with van der Waals surface area (Å²) in [4.78, 5) is 21.8. The first-order valence-electron chi connectivity index (χ1n) is 6.06. The van der Waals surface area contributed by atoms with Gasteiger partial charge < -0.3 is 15.2 Å². The molecule has 0 bridgehead atoms. The number of benzene rings is 1. The van der Waals surface area contributed by atoms with Gasteiger partial charge in [0.05, 0.1) is 6.04 Å². The Labute approximate surface area is 112 Å². The van der Waals surface area contributed by atoms with Gasteiger partial charge in [-0.1, -0.05) is 23.8 Å². The van der Waals surface area contributed by atoms with Crippen LogP contribution in [0.2, 0.25) is 0 Å². The summed E-state index contributed by atoms with van der Waals surface area (Å²) in [6.07, 6.45) is 0. The van der Waals surface area contributed by atoms with E-state index in [1.165, 1.54) is 5.56 Å². The van der Waals surface area contributed by atoms with Crippen LogP contribution < -0.4 is 5.32 Å². The van der Waals surface area contributed by atoms with E-state index in [-0.39, 0.29) is 18.6 Å². The van der Waals surface area contributed by atoms with Crippen LogP contribution in [-0.4, -0.2) is 30.2 Å². The number of aliphatic carboxylic acids is 1. The number of hydrogen-bond acceptors (Lipinski definition) is 3. The molecule has 0 heterocycles. The molecule has 0 aliphatic carbocycles. The molecule has 19 heavy (non-hydrogen) atoms. The number of amides is 1. The zero-order chi connectivity index (χ0) is 14.4. The van der Waals surface area contributed by atoms with Gasteiger partial charge in [-0.25, -0.2) is 4.79 Å². The Hall–Kier alpha value is -1.88. The van der Waals surface area contributed by atoms with E-state index >= 15 is 0 Å². The fourth-order valence-corrected chi connectivity index (χ4v) is 1.90. The standard InChI is InChI=1S/C14H19NO4/c1-9-4-5-12(10(2)6-9)11(3)15-13(16)7-19-8-14(17)18/h4-6,11H,7-8H2,1-3H3,(H,15,16)(H,17,18). The van der Waals surface area contributed by atoms with Gasteiger partial charge in [0.2, 0.25) is 5.91 Å². The minimum absolute atomic E-state index is 0.137. The number of aryl methyl sites for hydroxylation is 2. The lowest BCUT2D eigenvalue weighted by Crippen LogP contribution is -2.31. The average molecular weight is 265 g/mol. The Morgan fingerprint density at radius 3 is 2.58 bits per heavy atom. The van der Waals surface area contributed by atoms with Crippen molar-refractivity contribution in [2.24, 2.45) is 0 Å². The first kappa shape index (κ1) is 15.2. The minimum Gasteiger partial charge on any atom is -0.480 e. The number of carbonyl (C=O) groups is 2. The normalized spacial score (nSPS) is 11.9. The van der Waals surface area contributed by atoms with Crippen LogP contribution in [0, 0.1) is 13.8 Å². The van der Waals surface area contributed by atoms with E-state index < -0.39 is 12.6 Å². The highest BCUT2D eigenvalue weighted by atomic mass is 16.5. The number of carboxylic acids is 1. The fraction of sp³-hybridized carbons (Fsp3) is 0.429. The monoisotopic (exact) mass is 265 g/mol. The van der Waals surface area contributed by atoms with Gasteiger partial charge in [0.1, 0.15) is 13.2 Å². The van der Waals surface area contributed by atoms with Crippen molar-refractivity contribution >= 4 is 11.9 Å². The molecule has 1 unspecified atom stereocenters. The van der Waals surface area contributed by atoms with Crippen molar-refractivity contribution in [3.05, 3.63) is 34.9 Å². The van der Waals surface area contributed by atoms with Crippen molar-refractivity contribution in [1.29, 1.82) is 0 Å². The highest BCUT2D eigenvalue weighted by molar-refractivity contribution is 5.78. The zero-order valence-electron chi connectivity index (χ0n) is 11.4. The van der Waals surface area contributed by atoms with Crippen molar-refractivity contribution in [2.45, 2.75) is 26.8 Å². The number of hydrogen-bond donors (Lipinski definition) is 2. The Bertz CT molecular complexity index is 471. The maximum atomic E-state index is 11.6. The summed E-state index contributed by atoms with van der Waals surface area (Å²) in [5.41, 5.74) is 3.32. The number of carbonyl (C=O) groups excluding carboxylic acids is 1. The van der Waals surface area contributed by atoms with Gasteiger partial charge in [0.15, 0.2) is 0 Å². The Balaban J connectivity index is 2.52. The third-order valence-corrected chi connectivity index (χ3v) is 2.73. The molecule has 5 heteroatoms. The summed E-state index contributed by atoms with van der Waals surface area (Å²) in [5.74, 6) is -1.41. The van der Waals surface area contributed by atoms with Gasteiger partial charge >= 0.3 is 5.97 Å². The van der Waals surface area contributed by atoms with Gasteiger partial charge in [-0.2, -0.15) is 0 Å². The van der Waals surface area contributed by atoms with Crippen LogP contribution >= 0.6 is 0 Å². The summed E-state index contributed by atoms with van der Waals surface area (Å²) in [6, 6.07) is 5.89. The summed E-state index contributed by atoms with van der Waals surface area (Å²) in [7, 11) is 0.